The van der Waals surface area contributed by atoms with Crippen molar-refractivity contribution in [2.45, 2.75) is 199 Å². The molecule has 0 unspecified atom stereocenters. The van der Waals surface area contributed by atoms with Crippen molar-refractivity contribution in [3.05, 3.63) is 71.6 Å². The number of nitrogens with one attached hydrogen (secondary N) is 4. The molecule has 8 atom stereocenters. The number of benzene rings is 2. The molecule has 3 aliphatic heterocycles. The molecule has 24 heteroatoms. The molecule has 470 valence electrons. The minimum Gasteiger partial charge on any atom is -1.00 e. The molecule has 19 nitrogen and oxygen atoms in total. The quantitative estimate of drug-likeness (QED) is 0.0281. The van der Waals surface area contributed by atoms with Gasteiger partial charge in [-0.25, -0.2) is 18.4 Å². The first-order valence-corrected chi connectivity index (χ1v) is 31.4. The van der Waals surface area contributed by atoms with E-state index in [9.17, 15) is 37.5 Å². The maximum Gasteiger partial charge on any atom is 1.00 e. The van der Waals surface area contributed by atoms with Crippen LogP contribution >= 0.6 is 15.9 Å². The van der Waals surface area contributed by atoms with Crippen LogP contribution in [0, 0.1) is 29.4 Å². The molecule has 4 aromatic rings. The molecule has 3 saturated heterocycles. The van der Waals surface area contributed by atoms with Gasteiger partial charge in [-0.1, -0.05) is 54.5 Å². The molecule has 2 aromatic carbocycles. The predicted molar refractivity (Wildman–Crippen MR) is 319 cm³/mol. The fraction of sp³-hybridized carbons (Fsp3) is 0.635. The van der Waals surface area contributed by atoms with Crippen LogP contribution in [0.15, 0.2) is 48.8 Å². The topological polar surface area (TPSA) is 245 Å². The van der Waals surface area contributed by atoms with E-state index in [1.165, 1.54) is 43.2 Å². The van der Waals surface area contributed by atoms with Crippen LogP contribution in [-0.2, 0) is 43.1 Å². The number of esters is 1. The number of nitrogens with zero attached hydrogens (tertiary/aromatic N) is 3. The van der Waals surface area contributed by atoms with Crippen molar-refractivity contribution in [1.29, 1.82) is 0 Å². The number of ketones is 1. The van der Waals surface area contributed by atoms with Crippen LogP contribution < -0.4 is 119 Å². The van der Waals surface area contributed by atoms with Gasteiger partial charge in [0.1, 0.15) is 40.7 Å². The largest absolute Gasteiger partial charge is 1.00 e. The molecule has 0 radical (unpaired) electrons. The van der Waals surface area contributed by atoms with Gasteiger partial charge in [0.05, 0.1) is 24.5 Å². The summed E-state index contributed by atoms with van der Waals surface area (Å²) in [5.74, 6) is -0.00733. The number of H-pyrrole nitrogens is 2. The van der Waals surface area contributed by atoms with E-state index in [0.29, 0.717) is 42.9 Å². The maximum atomic E-state index is 14.4. The van der Waals surface area contributed by atoms with E-state index in [1.54, 1.807) is 13.0 Å². The number of carbonyl (C=O) groups excluding carboxylic acids is 7. The van der Waals surface area contributed by atoms with E-state index in [0.717, 1.165) is 105 Å². The van der Waals surface area contributed by atoms with E-state index in [4.69, 9.17) is 24.3 Å². The van der Waals surface area contributed by atoms with Crippen LogP contribution in [0.2, 0.25) is 0 Å². The van der Waals surface area contributed by atoms with Crippen molar-refractivity contribution in [2.24, 2.45) is 17.8 Å². The number of rotatable bonds is 13. The number of amides is 4. The number of halogens is 3. The molecule has 6 aliphatic rings. The molecule has 0 bridgehead atoms. The Bertz CT molecular complexity index is 2950. The summed E-state index contributed by atoms with van der Waals surface area (Å²) in [4.78, 5) is 100. The zero-order chi connectivity index (χ0) is 61.8. The number of hydrogen-bond acceptors (Lipinski definition) is 13. The normalized spacial score (nSPS) is 22.6. The first-order chi connectivity index (χ1) is 40.4. The van der Waals surface area contributed by atoms with Crippen LogP contribution in [0.4, 0.5) is 18.4 Å². The smallest absolute Gasteiger partial charge is 1.00 e. The van der Waals surface area contributed by atoms with Gasteiger partial charge in [0.25, 0.3) is 6.47 Å². The van der Waals surface area contributed by atoms with Crippen molar-refractivity contribution in [3.63, 3.8) is 0 Å². The van der Waals surface area contributed by atoms with E-state index in [-0.39, 0.29) is 194 Å². The van der Waals surface area contributed by atoms with Crippen LogP contribution in [0.3, 0.4) is 0 Å². The summed E-state index contributed by atoms with van der Waals surface area (Å²) in [6.07, 6.45) is 16.8. The van der Waals surface area contributed by atoms with Gasteiger partial charge in [-0.05, 0) is 172 Å². The predicted octanol–water partition coefficient (Wildman–Crippen LogP) is 4.11. The summed E-state index contributed by atoms with van der Waals surface area (Å²) in [5, 5.41) is 16.8. The molecule has 4 N–H and O–H groups in total. The molecule has 87 heavy (non-hydrogen) atoms. The van der Waals surface area contributed by atoms with Crippen LogP contribution in [0.25, 0.3) is 21.8 Å². The van der Waals surface area contributed by atoms with Crippen LogP contribution in [0.1, 0.15) is 170 Å². The molecule has 4 amide bonds. The van der Waals surface area contributed by atoms with E-state index in [1.807, 2.05) is 64.9 Å². The number of aromatic nitrogens is 2. The molecule has 2 aromatic heterocycles. The summed E-state index contributed by atoms with van der Waals surface area (Å²) in [6.45, 7) is 16.4. The van der Waals surface area contributed by atoms with Gasteiger partial charge < -0.3 is 56.2 Å². The Kier molecular flexibility index (Phi) is 29.9. The zero-order valence-corrected chi connectivity index (χ0v) is 60.3. The Labute approximate surface area is 605 Å². The van der Waals surface area contributed by atoms with E-state index < -0.39 is 35.5 Å². The van der Waals surface area contributed by atoms with Gasteiger partial charge in [0, 0.05) is 77.8 Å². The molecule has 0 spiro atoms. The van der Waals surface area contributed by atoms with Gasteiger partial charge >= 0.3 is 121 Å². The first-order valence-electron chi connectivity index (χ1n) is 30.3. The zero-order valence-electron chi connectivity index (χ0n) is 53.5. The number of hydrogen-bond donors (Lipinski definition) is 4. The Hall–Kier alpha value is -2.86. The second-order valence-corrected chi connectivity index (χ2v) is 26.0. The van der Waals surface area contributed by atoms with Crippen molar-refractivity contribution in [2.75, 3.05) is 38.1 Å². The number of Topliss-reactive ketones (excluding diaryl/α,β-unsaturated/α-hetero) is 1. The number of alkyl halides is 1. The second-order valence-electron chi connectivity index (χ2n) is 25.4. The average Bonchev–Trinajstić information content (AvgIpc) is 1.84. The first kappa shape index (κ1) is 74.9. The van der Waals surface area contributed by atoms with Gasteiger partial charge in [-0.2, -0.15) is 0 Å². The number of alkyl carbamates (subject to hydrolysis) is 2. The number of carbonyl (C=O) groups is 7. The fourth-order valence-electron chi connectivity index (χ4n) is 14.0. The maximum absolute atomic E-state index is 14.4. The Morgan fingerprint density at radius 1 is 0.701 bits per heavy atom. The third-order valence-corrected chi connectivity index (χ3v) is 18.1. The summed E-state index contributed by atoms with van der Waals surface area (Å²) in [5.41, 5.74) is 2.36. The van der Waals surface area contributed by atoms with Gasteiger partial charge in [-0.15, -0.1) is 0 Å². The molecule has 3 aliphatic carbocycles. The fourth-order valence-corrected chi connectivity index (χ4v) is 14.0. The Morgan fingerprint density at radius 2 is 1.15 bits per heavy atom. The summed E-state index contributed by atoms with van der Waals surface area (Å²) in [7, 11) is 0. The van der Waals surface area contributed by atoms with Gasteiger partial charge in [0.15, 0.2) is 0 Å². The molecular formula is C63H88BrF2K2N7O12. The molecular weight excluding hydrogens is 1240 g/mol. The van der Waals surface area contributed by atoms with Crippen LogP contribution in [-0.4, -0.2) is 146 Å². The van der Waals surface area contributed by atoms with Gasteiger partial charge in [-0.3, -0.25) is 28.9 Å². The summed E-state index contributed by atoms with van der Waals surface area (Å²) in [6, 6.07) is 8.23. The number of fused-ring (bicyclic) bond motifs is 4. The average molecular weight is 1330 g/mol. The minimum atomic E-state index is -0.680. The molecule has 10 rings (SSSR count). The van der Waals surface area contributed by atoms with Gasteiger partial charge in [0.2, 0.25) is 11.8 Å². The molecule has 5 heterocycles. The minimum absolute atomic E-state index is 0. The number of ether oxygens (including phenoxy) is 3. The summed E-state index contributed by atoms with van der Waals surface area (Å²) < 4.78 is 44.1. The van der Waals surface area contributed by atoms with E-state index in [2.05, 4.69) is 51.2 Å². The van der Waals surface area contributed by atoms with E-state index >= 15 is 0 Å². The van der Waals surface area contributed by atoms with Crippen molar-refractivity contribution in [3.8, 4) is 0 Å². The third-order valence-electron chi connectivity index (χ3n) is 17.3. The molecule has 6 fully saturated rings. The van der Waals surface area contributed by atoms with Crippen molar-refractivity contribution < 1.29 is 171 Å². The van der Waals surface area contributed by atoms with Crippen molar-refractivity contribution >= 4 is 80.0 Å². The Balaban J connectivity index is 0.000000323. The Morgan fingerprint density at radius 3 is 1.59 bits per heavy atom. The summed E-state index contributed by atoms with van der Waals surface area (Å²) >= 11 is 2.96. The standard InChI is InChI=1S/C31H43FN4O5.C28H38FN3O3.C3H5BrO.CH2O3.2K.H/c1-5-40-26(37)18-35-17-23(22-16-33-24-15-20(32)11-12-21(22)24)28-25(35)13-14-36(28)29(38)27(19-9-7-6-8-10-19)34-30(39)41-31(2,3)4;1-28(2,3)35-27(34)31-24(17-7-5-4-6-8-17)26(33)32-14-13-18-9-11-21(25(18)32)22-16-30-23-15-19(29)10-12-20(22)23;1-3(5)2-4;2-1-4-3;;;/h11-12,15-16,19,23,25,27-28,33H,5-10,13-14,17-18H2,1-4H3,(H,34,39);10,12,15-18,21,24-25,30H,4-9,11,13-14H2,1-3H3,(H,31,34);2H2,1H3;1,3H;;;/q;;;;2*+1;-1/p-1/t23-,25-,27+,28-;18-,21-,24+,25+;;;;;/m11...../s1. The number of aromatic amines is 2. The monoisotopic (exact) mass is 1330 g/mol. The van der Waals surface area contributed by atoms with Crippen LogP contribution in [0.5, 0.6) is 0 Å². The molecule has 3 saturated carbocycles. The number of likely N-dealkylation sites (tertiary alicyclic amines) is 3. The SMILES string of the molecule is CC(=O)CBr.CC(C)(C)OC(=O)N[C@H](C(=O)N1CC[C@H]2CC[C@H](c3c[nH]c4cc(F)ccc34)[C@H]21)C1CCCCC1.CCOC(=O)CN1C[C@H](c2c[nH]c3cc(F)ccc23)[C@@H]2[C@H]1CCN2C(=O)[C@@H](NC(=O)OC(C)(C)C)C1CCCCC1.O=CO[O-].[H-].[K+].[K+]. The van der Waals surface area contributed by atoms with Crippen molar-refractivity contribution in [1.82, 2.24) is 35.3 Å². The third kappa shape index (κ3) is 20.3. The second kappa shape index (κ2) is 34.7.